The van der Waals surface area contributed by atoms with Crippen molar-refractivity contribution in [2.45, 2.75) is 18.4 Å². The molecule has 0 spiro atoms. The van der Waals surface area contributed by atoms with Crippen molar-refractivity contribution in [3.63, 3.8) is 0 Å². The van der Waals surface area contributed by atoms with Gasteiger partial charge in [-0.25, -0.2) is 8.42 Å². The van der Waals surface area contributed by atoms with Crippen LogP contribution in [0.1, 0.15) is 12.6 Å². The molecule has 0 aliphatic heterocycles. The second-order valence-electron chi connectivity index (χ2n) is 4.23. The number of sulfonamides is 1. The molecule has 0 bridgehead atoms. The van der Waals surface area contributed by atoms with Gasteiger partial charge in [-0.15, -0.1) is 0 Å². The van der Waals surface area contributed by atoms with Crippen LogP contribution < -0.4 is 10.0 Å². The number of H-pyrrole nitrogens is 1. The molecule has 0 fully saturated rings. The van der Waals surface area contributed by atoms with Crippen molar-refractivity contribution in [2.24, 2.45) is 0 Å². The molecule has 0 amide bonds. The number of aromatic amines is 1. The SMILES string of the molecule is CCNCc1cc(S(=O)(=O)Nc2ccccc2I)c[nH]1. The van der Waals surface area contributed by atoms with Gasteiger partial charge >= 0.3 is 0 Å². The van der Waals surface area contributed by atoms with Gasteiger partial charge in [-0.3, -0.25) is 4.72 Å². The van der Waals surface area contributed by atoms with Crippen LogP contribution in [0.25, 0.3) is 0 Å². The van der Waals surface area contributed by atoms with E-state index in [4.69, 9.17) is 0 Å². The van der Waals surface area contributed by atoms with E-state index in [-0.39, 0.29) is 4.90 Å². The Kier molecular flexibility index (Phi) is 5.06. The number of halogens is 1. The van der Waals surface area contributed by atoms with Crippen molar-refractivity contribution in [1.29, 1.82) is 0 Å². The Balaban J connectivity index is 2.18. The van der Waals surface area contributed by atoms with Gasteiger partial charge in [0.25, 0.3) is 10.0 Å². The van der Waals surface area contributed by atoms with Crippen molar-refractivity contribution in [3.05, 3.63) is 45.8 Å². The highest BCUT2D eigenvalue weighted by Gasteiger charge is 2.17. The maximum absolute atomic E-state index is 12.3. The van der Waals surface area contributed by atoms with E-state index in [1.165, 1.54) is 6.20 Å². The molecule has 20 heavy (non-hydrogen) atoms. The Labute approximate surface area is 132 Å². The van der Waals surface area contributed by atoms with E-state index in [1.54, 1.807) is 18.2 Å². The lowest BCUT2D eigenvalue weighted by atomic mass is 10.3. The Bertz CT molecular complexity index is 682. The third-order valence-corrected chi connectivity index (χ3v) is 5.00. The van der Waals surface area contributed by atoms with Gasteiger partial charge in [0, 0.05) is 22.0 Å². The van der Waals surface area contributed by atoms with Crippen LogP contribution in [-0.2, 0) is 16.6 Å². The summed E-state index contributed by atoms with van der Waals surface area (Å²) >= 11 is 2.10. The largest absolute Gasteiger partial charge is 0.363 e. The van der Waals surface area contributed by atoms with Crippen LogP contribution in [0.2, 0.25) is 0 Å². The highest BCUT2D eigenvalue weighted by Crippen LogP contribution is 2.21. The Morgan fingerprint density at radius 3 is 2.75 bits per heavy atom. The normalized spacial score (nSPS) is 11.5. The lowest BCUT2D eigenvalue weighted by molar-refractivity contribution is 0.601. The van der Waals surface area contributed by atoms with Crippen LogP contribution in [0, 0.1) is 3.57 Å². The molecule has 1 aromatic heterocycles. The fraction of sp³-hybridized carbons (Fsp3) is 0.231. The molecule has 7 heteroatoms. The molecule has 3 N–H and O–H groups in total. The molecule has 0 atom stereocenters. The molecule has 1 aromatic carbocycles. The Morgan fingerprint density at radius 1 is 1.30 bits per heavy atom. The third-order valence-electron chi connectivity index (χ3n) is 2.71. The number of aromatic nitrogens is 1. The zero-order valence-electron chi connectivity index (χ0n) is 11.0. The van der Waals surface area contributed by atoms with Crippen LogP contribution in [0.15, 0.2) is 41.4 Å². The maximum atomic E-state index is 12.3. The molecule has 0 saturated carbocycles. The lowest BCUT2D eigenvalue weighted by Crippen LogP contribution is -2.13. The molecule has 1 heterocycles. The molecular formula is C13H16IN3O2S. The first-order valence-corrected chi connectivity index (χ1v) is 8.74. The number of rotatable bonds is 6. The van der Waals surface area contributed by atoms with E-state index in [1.807, 2.05) is 19.1 Å². The molecule has 108 valence electrons. The van der Waals surface area contributed by atoms with Gasteiger partial charge in [0.05, 0.1) is 5.69 Å². The molecule has 2 aromatic rings. The number of benzene rings is 1. The van der Waals surface area contributed by atoms with Gasteiger partial charge in [-0.05, 0) is 47.3 Å². The molecular weight excluding hydrogens is 389 g/mol. The second kappa shape index (κ2) is 6.59. The molecule has 0 unspecified atom stereocenters. The zero-order chi connectivity index (χ0) is 14.6. The minimum Gasteiger partial charge on any atom is -0.363 e. The zero-order valence-corrected chi connectivity index (χ0v) is 14.0. The smallest absolute Gasteiger partial charge is 0.263 e. The molecule has 2 rings (SSSR count). The monoisotopic (exact) mass is 405 g/mol. The summed E-state index contributed by atoms with van der Waals surface area (Å²) in [6, 6.07) is 8.90. The van der Waals surface area contributed by atoms with Gasteiger partial charge in [0.15, 0.2) is 0 Å². The summed E-state index contributed by atoms with van der Waals surface area (Å²) in [5, 5.41) is 3.14. The highest BCUT2D eigenvalue weighted by molar-refractivity contribution is 14.1. The van der Waals surface area contributed by atoms with Crippen LogP contribution >= 0.6 is 22.6 Å². The summed E-state index contributed by atoms with van der Waals surface area (Å²) in [4.78, 5) is 3.20. The van der Waals surface area contributed by atoms with Gasteiger partial charge in [-0.2, -0.15) is 0 Å². The van der Waals surface area contributed by atoms with E-state index in [0.717, 1.165) is 15.8 Å². The number of hydrogen-bond acceptors (Lipinski definition) is 3. The number of anilines is 1. The summed E-state index contributed by atoms with van der Waals surface area (Å²) in [7, 11) is -3.55. The third kappa shape index (κ3) is 3.74. The molecule has 0 aliphatic carbocycles. The van der Waals surface area contributed by atoms with Gasteiger partial charge in [-0.1, -0.05) is 19.1 Å². The average molecular weight is 405 g/mol. The molecule has 0 aliphatic rings. The summed E-state index contributed by atoms with van der Waals surface area (Å²) in [5.41, 5.74) is 1.43. The summed E-state index contributed by atoms with van der Waals surface area (Å²) in [6.07, 6.45) is 1.50. The van der Waals surface area contributed by atoms with Crippen molar-refractivity contribution in [1.82, 2.24) is 10.3 Å². The van der Waals surface area contributed by atoms with Crippen LogP contribution in [0.5, 0.6) is 0 Å². The molecule has 0 radical (unpaired) electrons. The van der Waals surface area contributed by atoms with Crippen LogP contribution in [-0.4, -0.2) is 19.9 Å². The van der Waals surface area contributed by atoms with Crippen molar-refractivity contribution < 1.29 is 8.42 Å². The van der Waals surface area contributed by atoms with Gasteiger partial charge in [0.2, 0.25) is 0 Å². The first-order valence-electron chi connectivity index (χ1n) is 6.18. The summed E-state index contributed by atoms with van der Waals surface area (Å²) in [6.45, 7) is 3.45. The van der Waals surface area contributed by atoms with Gasteiger partial charge < -0.3 is 10.3 Å². The maximum Gasteiger partial charge on any atom is 0.263 e. The van der Waals surface area contributed by atoms with E-state index < -0.39 is 10.0 Å². The number of nitrogens with one attached hydrogen (secondary N) is 3. The topological polar surface area (TPSA) is 74.0 Å². The average Bonchev–Trinajstić information content (AvgIpc) is 2.88. The van der Waals surface area contributed by atoms with Crippen molar-refractivity contribution in [3.8, 4) is 0 Å². The lowest BCUT2D eigenvalue weighted by Gasteiger charge is -2.07. The fourth-order valence-corrected chi connectivity index (χ4v) is 3.49. The second-order valence-corrected chi connectivity index (χ2v) is 7.07. The van der Waals surface area contributed by atoms with E-state index in [0.29, 0.717) is 12.2 Å². The predicted molar refractivity (Wildman–Crippen MR) is 88.1 cm³/mol. The Hall–Kier alpha value is -1.06. The number of para-hydroxylation sites is 1. The first-order chi connectivity index (χ1) is 9.53. The highest BCUT2D eigenvalue weighted by atomic mass is 127. The minimum atomic E-state index is -3.55. The minimum absolute atomic E-state index is 0.241. The van der Waals surface area contributed by atoms with Gasteiger partial charge in [0.1, 0.15) is 4.90 Å². The number of hydrogen-bond donors (Lipinski definition) is 3. The first kappa shape index (κ1) is 15.3. The fourth-order valence-electron chi connectivity index (χ4n) is 1.68. The Morgan fingerprint density at radius 2 is 2.05 bits per heavy atom. The molecule has 5 nitrogen and oxygen atoms in total. The molecule has 0 saturated heterocycles. The van der Waals surface area contributed by atoms with Crippen LogP contribution in [0.3, 0.4) is 0 Å². The van der Waals surface area contributed by atoms with Crippen molar-refractivity contribution >= 4 is 38.3 Å². The van der Waals surface area contributed by atoms with Crippen molar-refractivity contribution in [2.75, 3.05) is 11.3 Å². The van der Waals surface area contributed by atoms with Crippen LogP contribution in [0.4, 0.5) is 5.69 Å². The standard InChI is InChI=1S/C13H16IN3O2S/c1-2-15-8-10-7-11(9-16-10)20(18,19)17-13-6-4-3-5-12(13)14/h3-7,9,15-17H,2,8H2,1H3. The summed E-state index contributed by atoms with van der Waals surface area (Å²) < 4.78 is 28.0. The van der Waals surface area contributed by atoms with E-state index >= 15 is 0 Å². The summed E-state index contributed by atoms with van der Waals surface area (Å²) in [5.74, 6) is 0. The van der Waals surface area contributed by atoms with E-state index in [2.05, 4.69) is 37.6 Å². The quantitative estimate of drug-likeness (QED) is 0.647. The predicted octanol–water partition coefficient (Wildman–Crippen LogP) is 2.53. The van der Waals surface area contributed by atoms with E-state index in [9.17, 15) is 8.42 Å².